The minimum Gasteiger partial charge on any atom is -0.384 e. The van der Waals surface area contributed by atoms with Crippen LogP contribution in [0.25, 0.3) is 10.9 Å². The second-order valence-corrected chi connectivity index (χ2v) is 5.57. The summed E-state index contributed by atoms with van der Waals surface area (Å²) >= 11 is 0. The van der Waals surface area contributed by atoms with E-state index in [2.05, 4.69) is 29.4 Å². The van der Waals surface area contributed by atoms with Gasteiger partial charge in [0.25, 0.3) is 5.91 Å². The molecule has 0 radical (unpaired) electrons. The first-order valence-electron chi connectivity index (χ1n) is 7.19. The number of amides is 1. The highest BCUT2D eigenvalue weighted by atomic mass is 16.3. The van der Waals surface area contributed by atoms with Crippen molar-refractivity contribution in [2.75, 3.05) is 13.1 Å². The normalized spacial score (nSPS) is 18.4. The third-order valence-corrected chi connectivity index (χ3v) is 4.23. The van der Waals surface area contributed by atoms with Crippen LogP contribution in [0.5, 0.6) is 0 Å². The molecule has 0 aliphatic carbocycles. The number of likely N-dealkylation sites (tertiary alicyclic amines) is 1. The van der Waals surface area contributed by atoms with Gasteiger partial charge in [-0.2, -0.15) is 0 Å². The third-order valence-electron chi connectivity index (χ3n) is 4.23. The number of piperidine rings is 1. The molecule has 1 fully saturated rings. The minimum atomic E-state index is -0.889. The average Bonchev–Trinajstić information content (AvgIpc) is 2.90. The molecular weight excluding hydrogens is 252 g/mol. The number of aliphatic hydroxyl groups is 1. The first-order chi connectivity index (χ1) is 9.66. The van der Waals surface area contributed by atoms with Gasteiger partial charge in [0.2, 0.25) is 0 Å². The van der Waals surface area contributed by atoms with Gasteiger partial charge in [-0.25, -0.2) is 0 Å². The zero-order valence-corrected chi connectivity index (χ0v) is 11.7. The number of aromatic amines is 1. The van der Waals surface area contributed by atoms with Gasteiger partial charge in [0.1, 0.15) is 6.10 Å². The number of para-hydroxylation sites is 1. The number of benzene rings is 1. The second kappa shape index (κ2) is 5.29. The van der Waals surface area contributed by atoms with Gasteiger partial charge in [0.05, 0.1) is 0 Å². The molecule has 106 valence electrons. The number of nitrogens with one attached hydrogen (secondary N) is 1. The van der Waals surface area contributed by atoms with E-state index >= 15 is 0 Å². The number of hydrogen-bond acceptors (Lipinski definition) is 2. The van der Waals surface area contributed by atoms with Gasteiger partial charge in [0.15, 0.2) is 0 Å². The fourth-order valence-corrected chi connectivity index (χ4v) is 3.11. The number of carbonyl (C=O) groups excluding carboxylic acids is 1. The summed E-state index contributed by atoms with van der Waals surface area (Å²) in [5.41, 5.74) is 2.52. The molecule has 1 unspecified atom stereocenters. The molecule has 2 heterocycles. The molecule has 2 aromatic rings. The lowest BCUT2D eigenvalue weighted by atomic mass is 9.89. The Morgan fingerprint density at radius 3 is 2.75 bits per heavy atom. The quantitative estimate of drug-likeness (QED) is 0.881. The Morgan fingerprint density at radius 1 is 1.35 bits per heavy atom. The largest absolute Gasteiger partial charge is 0.384 e. The highest BCUT2D eigenvalue weighted by Crippen LogP contribution is 2.33. The van der Waals surface area contributed by atoms with Crippen molar-refractivity contribution < 1.29 is 9.90 Å². The molecule has 1 saturated heterocycles. The molecule has 20 heavy (non-hydrogen) atoms. The van der Waals surface area contributed by atoms with E-state index < -0.39 is 6.10 Å². The van der Waals surface area contributed by atoms with Gasteiger partial charge in [-0.05, 0) is 37.3 Å². The number of hydrogen-bond donors (Lipinski definition) is 2. The molecule has 1 aliphatic rings. The van der Waals surface area contributed by atoms with Crippen LogP contribution < -0.4 is 0 Å². The van der Waals surface area contributed by atoms with Crippen molar-refractivity contribution in [1.29, 1.82) is 0 Å². The molecule has 0 bridgehead atoms. The fraction of sp³-hybridized carbons (Fsp3) is 0.438. The van der Waals surface area contributed by atoms with E-state index in [1.807, 2.05) is 6.07 Å². The van der Waals surface area contributed by atoms with Gasteiger partial charge in [-0.3, -0.25) is 4.79 Å². The molecule has 0 spiro atoms. The van der Waals surface area contributed by atoms with Crippen LogP contribution in [0, 0.1) is 0 Å². The van der Waals surface area contributed by atoms with Gasteiger partial charge in [-0.15, -0.1) is 0 Å². The highest BCUT2D eigenvalue weighted by molar-refractivity contribution is 5.84. The molecule has 1 aromatic carbocycles. The molecule has 0 saturated carbocycles. The van der Waals surface area contributed by atoms with Crippen molar-refractivity contribution in [3.63, 3.8) is 0 Å². The van der Waals surface area contributed by atoms with E-state index in [-0.39, 0.29) is 5.91 Å². The Hall–Kier alpha value is -1.81. The molecule has 3 rings (SSSR count). The van der Waals surface area contributed by atoms with Gasteiger partial charge < -0.3 is 15.0 Å². The average molecular weight is 272 g/mol. The number of H-pyrrole nitrogens is 1. The van der Waals surface area contributed by atoms with Gasteiger partial charge in [-0.1, -0.05) is 18.2 Å². The van der Waals surface area contributed by atoms with Crippen molar-refractivity contribution in [3.8, 4) is 0 Å². The van der Waals surface area contributed by atoms with E-state index in [0.29, 0.717) is 5.92 Å². The summed E-state index contributed by atoms with van der Waals surface area (Å²) in [5.74, 6) is 0.339. The zero-order valence-electron chi connectivity index (χ0n) is 11.7. The summed E-state index contributed by atoms with van der Waals surface area (Å²) in [4.78, 5) is 16.9. The van der Waals surface area contributed by atoms with E-state index in [4.69, 9.17) is 0 Å². The fourth-order valence-electron chi connectivity index (χ4n) is 3.11. The summed E-state index contributed by atoms with van der Waals surface area (Å²) in [6, 6.07) is 8.33. The summed E-state index contributed by atoms with van der Waals surface area (Å²) in [6.07, 6.45) is 3.13. The Balaban J connectivity index is 1.74. The zero-order chi connectivity index (χ0) is 14.1. The summed E-state index contributed by atoms with van der Waals surface area (Å²) in [5, 5.41) is 10.7. The summed E-state index contributed by atoms with van der Waals surface area (Å²) in [6.45, 7) is 3.00. The first kappa shape index (κ1) is 13.2. The van der Waals surface area contributed by atoms with Crippen LogP contribution in [0.15, 0.2) is 30.5 Å². The highest BCUT2D eigenvalue weighted by Gasteiger charge is 2.26. The first-order valence-corrected chi connectivity index (χ1v) is 7.19. The number of fused-ring (bicyclic) bond motifs is 1. The lowest BCUT2D eigenvalue weighted by molar-refractivity contribution is -0.140. The van der Waals surface area contributed by atoms with Crippen molar-refractivity contribution in [2.45, 2.75) is 31.8 Å². The molecule has 4 heteroatoms. The number of aliphatic hydroxyl groups excluding tert-OH is 1. The van der Waals surface area contributed by atoms with Gasteiger partial charge in [0, 0.05) is 30.2 Å². The van der Waals surface area contributed by atoms with E-state index in [1.165, 1.54) is 23.4 Å². The Morgan fingerprint density at radius 2 is 2.05 bits per heavy atom. The maximum atomic E-state index is 11.8. The molecule has 2 N–H and O–H groups in total. The topological polar surface area (TPSA) is 56.3 Å². The van der Waals surface area contributed by atoms with Crippen molar-refractivity contribution in [1.82, 2.24) is 9.88 Å². The standard InChI is InChI=1S/C16H20N2O2/c1-11(19)16(20)18-8-6-12(7-9-18)14-10-17-15-5-3-2-4-13(14)15/h2-5,10-12,17,19H,6-9H2,1H3. The number of rotatable bonds is 2. The molecule has 1 atom stereocenters. The number of nitrogens with zero attached hydrogens (tertiary/aromatic N) is 1. The van der Waals surface area contributed by atoms with Crippen LogP contribution in [0.3, 0.4) is 0 Å². The molecule has 1 aliphatic heterocycles. The predicted molar refractivity (Wildman–Crippen MR) is 78.5 cm³/mol. The lowest BCUT2D eigenvalue weighted by Gasteiger charge is -2.32. The maximum Gasteiger partial charge on any atom is 0.251 e. The Bertz CT molecular complexity index is 610. The molecular formula is C16H20N2O2. The summed E-state index contributed by atoms with van der Waals surface area (Å²) in [7, 11) is 0. The second-order valence-electron chi connectivity index (χ2n) is 5.57. The van der Waals surface area contributed by atoms with Crippen LogP contribution in [0.1, 0.15) is 31.2 Å². The van der Waals surface area contributed by atoms with Crippen LogP contribution >= 0.6 is 0 Å². The van der Waals surface area contributed by atoms with E-state index in [1.54, 1.807) is 4.90 Å². The van der Waals surface area contributed by atoms with E-state index in [0.717, 1.165) is 25.9 Å². The number of carbonyl (C=O) groups is 1. The SMILES string of the molecule is CC(O)C(=O)N1CCC(c2c[nH]c3ccccc23)CC1. The minimum absolute atomic E-state index is 0.151. The van der Waals surface area contributed by atoms with Crippen LogP contribution in [0.4, 0.5) is 0 Å². The molecule has 4 nitrogen and oxygen atoms in total. The Labute approximate surface area is 118 Å². The molecule has 1 amide bonds. The predicted octanol–water partition coefficient (Wildman–Crippen LogP) is 2.25. The smallest absolute Gasteiger partial charge is 0.251 e. The van der Waals surface area contributed by atoms with Crippen LogP contribution in [0.2, 0.25) is 0 Å². The third kappa shape index (κ3) is 2.31. The van der Waals surface area contributed by atoms with Gasteiger partial charge >= 0.3 is 0 Å². The summed E-state index contributed by atoms with van der Waals surface area (Å²) < 4.78 is 0. The maximum absolute atomic E-state index is 11.8. The monoisotopic (exact) mass is 272 g/mol. The number of aromatic nitrogens is 1. The van der Waals surface area contributed by atoms with E-state index in [9.17, 15) is 9.90 Å². The lowest BCUT2D eigenvalue weighted by Crippen LogP contribution is -2.42. The van der Waals surface area contributed by atoms with Crippen LogP contribution in [-0.4, -0.2) is 40.1 Å². The van der Waals surface area contributed by atoms with Crippen molar-refractivity contribution in [2.24, 2.45) is 0 Å². The Kier molecular flexibility index (Phi) is 3.49. The molecule has 1 aromatic heterocycles. The van der Waals surface area contributed by atoms with Crippen LogP contribution in [-0.2, 0) is 4.79 Å². The van der Waals surface area contributed by atoms with Crippen molar-refractivity contribution in [3.05, 3.63) is 36.0 Å². The van der Waals surface area contributed by atoms with Crippen molar-refractivity contribution >= 4 is 16.8 Å².